The topological polar surface area (TPSA) is 51.6 Å². The van der Waals surface area contributed by atoms with Gasteiger partial charge in [0.05, 0.1) is 5.41 Å². The van der Waals surface area contributed by atoms with Crippen molar-refractivity contribution in [2.45, 2.75) is 37.5 Å². The molecule has 4 heterocycles. The second-order valence-corrected chi connectivity index (χ2v) is 8.24. The zero-order chi connectivity index (χ0) is 23.7. The Morgan fingerprint density at radius 1 is 0.629 bits per heavy atom. The second-order valence-electron chi connectivity index (χ2n) is 8.24. The van der Waals surface area contributed by atoms with Crippen molar-refractivity contribution >= 4 is 0 Å². The van der Waals surface area contributed by atoms with E-state index in [1.165, 1.54) is 0 Å². The number of hydrogen-bond donors (Lipinski definition) is 0. The predicted octanol–water partition coefficient (Wildman–Crippen LogP) is 6.01. The van der Waals surface area contributed by atoms with Gasteiger partial charge in [0.15, 0.2) is 0 Å². The fourth-order valence-corrected chi connectivity index (χ4v) is 4.59. The van der Waals surface area contributed by atoms with Gasteiger partial charge in [0.2, 0.25) is 0 Å². The van der Waals surface area contributed by atoms with Crippen LogP contribution in [0.2, 0.25) is 0 Å². The van der Waals surface area contributed by atoms with E-state index in [1.807, 2.05) is 12.1 Å². The Bertz CT molecular complexity index is 1260. The Morgan fingerprint density at radius 3 is 1.51 bits per heavy atom. The van der Waals surface area contributed by atoms with Gasteiger partial charge in [-0.25, -0.2) is 17.6 Å². The third-order valence-corrected chi connectivity index (χ3v) is 6.19. The van der Waals surface area contributed by atoms with Crippen LogP contribution in [0.1, 0.15) is 43.5 Å². The maximum Gasteiger partial charge on any atom is 2.00 e. The molecule has 9 heteroatoms. The predicted molar refractivity (Wildman–Crippen MR) is 116 cm³/mol. The Hall–Kier alpha value is -2.99. The van der Waals surface area contributed by atoms with E-state index in [0.717, 1.165) is 44.2 Å². The first-order chi connectivity index (χ1) is 16.5. The SMILES string of the molecule is Fc1c[c-]c(-c2cccc(C3(c4cccc(-c5[c-]cc(F)nc5F)n4)CCCCC3)n2)c(F)n1.[Pt+2]. The van der Waals surface area contributed by atoms with E-state index in [9.17, 15) is 17.6 Å². The molecule has 1 aliphatic carbocycles. The van der Waals surface area contributed by atoms with Gasteiger partial charge in [0.25, 0.3) is 0 Å². The minimum absolute atomic E-state index is 0. The quantitative estimate of drug-likeness (QED) is 0.154. The first kappa shape index (κ1) is 25.1. The first-order valence-electron chi connectivity index (χ1n) is 10.9. The molecular weight excluding hydrogens is 639 g/mol. The molecule has 0 unspecified atom stereocenters. The number of halogens is 4. The molecular formula is C26H18F4N4Pt. The Morgan fingerprint density at radius 2 is 1.09 bits per heavy atom. The van der Waals surface area contributed by atoms with E-state index >= 15 is 0 Å². The fourth-order valence-electron chi connectivity index (χ4n) is 4.59. The van der Waals surface area contributed by atoms with Crippen molar-refractivity contribution in [3.05, 3.63) is 95.8 Å². The van der Waals surface area contributed by atoms with Gasteiger partial charge in [-0.1, -0.05) is 66.8 Å². The molecule has 1 saturated carbocycles. The molecule has 4 nitrogen and oxygen atoms in total. The zero-order valence-corrected chi connectivity index (χ0v) is 20.5. The minimum Gasteiger partial charge on any atom is -0.300 e. The number of hydrogen-bond acceptors (Lipinski definition) is 4. The standard InChI is InChI=1S/C26H18F4N4.Pt/c27-22-12-10-16(24(29)33-22)18-6-4-8-20(31-18)26(14-2-1-3-15-26)21-9-5-7-19(32-21)17-11-13-23(28)34-25(17)30;/h4-9,12-13H,1-3,14-15H2;/q-2;+2. The Kier molecular flexibility index (Phi) is 7.41. The fraction of sp³-hybridized carbons (Fsp3) is 0.231. The summed E-state index contributed by atoms with van der Waals surface area (Å²) < 4.78 is 55.2. The first-order valence-corrected chi connectivity index (χ1v) is 10.9. The average Bonchev–Trinajstić information content (AvgIpc) is 2.85. The summed E-state index contributed by atoms with van der Waals surface area (Å²) in [5.74, 6) is -3.89. The summed E-state index contributed by atoms with van der Waals surface area (Å²) >= 11 is 0. The Balaban J connectivity index is 0.00000289. The van der Waals surface area contributed by atoms with Crippen molar-refractivity contribution in [1.82, 2.24) is 19.9 Å². The number of pyridine rings is 4. The van der Waals surface area contributed by atoms with Crippen molar-refractivity contribution < 1.29 is 38.6 Å². The molecule has 0 N–H and O–H groups in total. The molecule has 5 rings (SSSR count). The van der Waals surface area contributed by atoms with Crippen molar-refractivity contribution in [2.75, 3.05) is 0 Å². The summed E-state index contributed by atoms with van der Waals surface area (Å²) in [4.78, 5) is 15.9. The van der Waals surface area contributed by atoms with Gasteiger partial charge >= 0.3 is 21.1 Å². The maximum absolute atomic E-state index is 14.3. The molecule has 4 aromatic rings. The molecule has 180 valence electrons. The second kappa shape index (κ2) is 10.3. The molecule has 0 atom stereocenters. The van der Waals surface area contributed by atoms with Crippen molar-refractivity contribution in [1.29, 1.82) is 0 Å². The van der Waals surface area contributed by atoms with E-state index in [0.29, 0.717) is 11.4 Å². The van der Waals surface area contributed by atoms with Gasteiger partial charge in [-0.05, 0) is 36.4 Å². The summed E-state index contributed by atoms with van der Waals surface area (Å²) in [6.07, 6.45) is 4.38. The van der Waals surface area contributed by atoms with Crippen LogP contribution in [0, 0.1) is 35.9 Å². The van der Waals surface area contributed by atoms with E-state index in [1.54, 1.807) is 24.3 Å². The van der Waals surface area contributed by atoms with E-state index in [-0.39, 0.29) is 43.6 Å². The molecule has 0 spiro atoms. The van der Waals surface area contributed by atoms with E-state index in [4.69, 9.17) is 9.97 Å². The van der Waals surface area contributed by atoms with Gasteiger partial charge in [0.1, 0.15) is 23.8 Å². The minimum atomic E-state index is -0.989. The van der Waals surface area contributed by atoms with Gasteiger partial charge in [-0.2, -0.15) is 0 Å². The van der Waals surface area contributed by atoms with Gasteiger partial charge < -0.3 is 9.97 Å². The van der Waals surface area contributed by atoms with Gasteiger partial charge in [-0.3, -0.25) is 9.97 Å². The molecule has 1 fully saturated rings. The van der Waals surface area contributed by atoms with Crippen LogP contribution < -0.4 is 0 Å². The molecule has 0 radical (unpaired) electrons. The molecule has 4 aromatic heterocycles. The molecule has 0 amide bonds. The Labute approximate surface area is 214 Å². The number of nitrogens with zero attached hydrogens (tertiary/aromatic N) is 4. The average molecular weight is 658 g/mol. The summed E-state index contributed by atoms with van der Waals surface area (Å²) in [6.45, 7) is 0. The van der Waals surface area contributed by atoms with Crippen LogP contribution in [0.5, 0.6) is 0 Å². The van der Waals surface area contributed by atoms with Crippen molar-refractivity contribution in [2.24, 2.45) is 0 Å². The van der Waals surface area contributed by atoms with Crippen LogP contribution in [-0.2, 0) is 26.5 Å². The number of rotatable bonds is 4. The summed E-state index contributed by atoms with van der Waals surface area (Å²) in [6, 6.07) is 17.5. The van der Waals surface area contributed by atoms with Gasteiger partial charge in [0, 0.05) is 11.4 Å². The maximum atomic E-state index is 14.3. The summed E-state index contributed by atoms with van der Waals surface area (Å²) in [5.41, 5.74) is 1.27. The molecule has 1 aliphatic rings. The summed E-state index contributed by atoms with van der Waals surface area (Å²) in [5, 5.41) is 0. The number of aromatic nitrogens is 4. The molecule has 0 saturated heterocycles. The third kappa shape index (κ3) is 4.90. The zero-order valence-electron chi connectivity index (χ0n) is 18.3. The molecule has 0 bridgehead atoms. The van der Waals surface area contributed by atoms with E-state index in [2.05, 4.69) is 22.1 Å². The van der Waals surface area contributed by atoms with Gasteiger partial charge in [-0.15, -0.1) is 12.1 Å². The van der Waals surface area contributed by atoms with Crippen LogP contribution >= 0.6 is 0 Å². The van der Waals surface area contributed by atoms with Crippen LogP contribution in [0.3, 0.4) is 0 Å². The van der Waals surface area contributed by atoms with Crippen molar-refractivity contribution in [3.8, 4) is 22.5 Å². The molecule has 0 aromatic carbocycles. The summed E-state index contributed by atoms with van der Waals surface area (Å²) in [7, 11) is 0. The molecule has 0 aliphatic heterocycles. The smallest absolute Gasteiger partial charge is 0.300 e. The van der Waals surface area contributed by atoms with Crippen LogP contribution in [-0.4, -0.2) is 19.9 Å². The van der Waals surface area contributed by atoms with Crippen LogP contribution in [0.15, 0.2) is 48.5 Å². The normalized spacial score (nSPS) is 14.9. The third-order valence-electron chi connectivity index (χ3n) is 6.19. The van der Waals surface area contributed by atoms with Crippen LogP contribution in [0.25, 0.3) is 22.5 Å². The monoisotopic (exact) mass is 657 g/mol. The van der Waals surface area contributed by atoms with Crippen LogP contribution in [0.4, 0.5) is 17.6 Å². The molecule has 35 heavy (non-hydrogen) atoms. The van der Waals surface area contributed by atoms with E-state index < -0.39 is 29.2 Å². The van der Waals surface area contributed by atoms with Crippen molar-refractivity contribution in [3.63, 3.8) is 0 Å². The largest absolute Gasteiger partial charge is 2.00 e.